The molecule has 0 spiro atoms. The van der Waals surface area contributed by atoms with Gasteiger partial charge in [0.25, 0.3) is 0 Å². The Bertz CT molecular complexity index is 651. The van der Waals surface area contributed by atoms with Gasteiger partial charge in [0, 0.05) is 11.6 Å². The molecule has 5 nitrogen and oxygen atoms in total. The van der Waals surface area contributed by atoms with Gasteiger partial charge in [0.1, 0.15) is 11.5 Å². The van der Waals surface area contributed by atoms with Crippen LogP contribution in [0, 0.1) is 6.92 Å². The Hall–Kier alpha value is -2.08. The van der Waals surface area contributed by atoms with E-state index in [2.05, 4.69) is 4.98 Å². The minimum Gasteiger partial charge on any atom is -0.497 e. The zero-order valence-corrected chi connectivity index (χ0v) is 13.2. The lowest BCUT2D eigenvalue weighted by Gasteiger charge is -2.10. The van der Waals surface area contributed by atoms with Gasteiger partial charge in [0.05, 0.1) is 30.7 Å². The Morgan fingerprint density at radius 2 is 2.05 bits per heavy atom. The standard InChI is InChI=1S/C15H17NO4S/c1-5-20-15(17)13-14(21-9(2)16-13)11-7-6-10(18-3)8-12(11)19-4/h6-8H,5H2,1-4H3. The second kappa shape index (κ2) is 6.58. The third-order valence-electron chi connectivity index (χ3n) is 2.86. The number of thiazole rings is 1. The van der Waals surface area contributed by atoms with Crippen LogP contribution in [0.1, 0.15) is 22.4 Å². The van der Waals surface area contributed by atoms with Crippen LogP contribution in [-0.4, -0.2) is 31.8 Å². The van der Waals surface area contributed by atoms with Crippen LogP contribution >= 0.6 is 11.3 Å². The maximum atomic E-state index is 12.0. The van der Waals surface area contributed by atoms with Gasteiger partial charge in [-0.15, -0.1) is 11.3 Å². The van der Waals surface area contributed by atoms with Gasteiger partial charge < -0.3 is 14.2 Å². The number of rotatable bonds is 5. The summed E-state index contributed by atoms with van der Waals surface area (Å²) in [6.45, 7) is 3.94. The number of nitrogens with zero attached hydrogens (tertiary/aromatic N) is 1. The van der Waals surface area contributed by atoms with Crippen LogP contribution in [-0.2, 0) is 4.74 Å². The first-order valence-corrected chi connectivity index (χ1v) is 7.29. The third kappa shape index (κ3) is 3.16. The van der Waals surface area contributed by atoms with Crippen molar-refractivity contribution >= 4 is 17.3 Å². The molecule has 0 N–H and O–H groups in total. The van der Waals surface area contributed by atoms with Gasteiger partial charge in [-0.25, -0.2) is 9.78 Å². The lowest BCUT2D eigenvalue weighted by Crippen LogP contribution is -2.06. The zero-order chi connectivity index (χ0) is 15.4. The SMILES string of the molecule is CCOC(=O)c1nc(C)sc1-c1ccc(OC)cc1OC. The average molecular weight is 307 g/mol. The van der Waals surface area contributed by atoms with Crippen molar-refractivity contribution in [2.24, 2.45) is 0 Å². The van der Waals surface area contributed by atoms with Crippen LogP contribution in [0.5, 0.6) is 11.5 Å². The Labute approximate surface area is 127 Å². The van der Waals surface area contributed by atoms with E-state index in [-0.39, 0.29) is 0 Å². The fraction of sp³-hybridized carbons (Fsp3) is 0.333. The predicted molar refractivity (Wildman–Crippen MR) is 81.3 cm³/mol. The normalized spacial score (nSPS) is 10.3. The predicted octanol–water partition coefficient (Wildman–Crippen LogP) is 3.31. The van der Waals surface area contributed by atoms with Crippen LogP contribution in [0.15, 0.2) is 18.2 Å². The molecule has 0 fully saturated rings. The van der Waals surface area contributed by atoms with Gasteiger partial charge in [0.15, 0.2) is 5.69 Å². The summed E-state index contributed by atoms with van der Waals surface area (Å²) in [6, 6.07) is 5.45. The molecule has 0 atom stereocenters. The highest BCUT2D eigenvalue weighted by molar-refractivity contribution is 7.15. The largest absolute Gasteiger partial charge is 0.497 e. The number of hydrogen-bond acceptors (Lipinski definition) is 6. The Morgan fingerprint density at radius 3 is 2.67 bits per heavy atom. The molecule has 0 bridgehead atoms. The number of carbonyl (C=O) groups excluding carboxylic acids is 1. The molecule has 21 heavy (non-hydrogen) atoms. The zero-order valence-electron chi connectivity index (χ0n) is 12.4. The van der Waals surface area contributed by atoms with Crippen molar-refractivity contribution in [3.8, 4) is 21.9 Å². The highest BCUT2D eigenvalue weighted by atomic mass is 32.1. The summed E-state index contributed by atoms with van der Waals surface area (Å²) in [5.74, 6) is 0.896. The molecule has 1 heterocycles. The van der Waals surface area contributed by atoms with Crippen molar-refractivity contribution in [1.29, 1.82) is 0 Å². The molecule has 2 aromatic rings. The first-order chi connectivity index (χ1) is 10.1. The molecular weight excluding hydrogens is 290 g/mol. The first-order valence-electron chi connectivity index (χ1n) is 6.47. The van der Waals surface area contributed by atoms with Crippen LogP contribution in [0.4, 0.5) is 0 Å². The molecule has 112 valence electrons. The van der Waals surface area contributed by atoms with Crippen LogP contribution < -0.4 is 9.47 Å². The lowest BCUT2D eigenvalue weighted by molar-refractivity contribution is 0.0521. The van der Waals surface area contributed by atoms with Gasteiger partial charge in [-0.3, -0.25) is 0 Å². The summed E-state index contributed by atoms with van der Waals surface area (Å²) >= 11 is 1.43. The molecule has 0 aliphatic rings. The van der Waals surface area contributed by atoms with E-state index in [0.29, 0.717) is 23.8 Å². The fourth-order valence-electron chi connectivity index (χ4n) is 1.93. The molecule has 2 rings (SSSR count). The molecular formula is C15H17NO4S. The fourth-order valence-corrected chi connectivity index (χ4v) is 2.87. The number of carbonyl (C=O) groups is 1. The van der Waals surface area contributed by atoms with Crippen molar-refractivity contribution in [1.82, 2.24) is 4.98 Å². The molecule has 6 heteroatoms. The van der Waals surface area contributed by atoms with Crippen molar-refractivity contribution in [3.05, 3.63) is 28.9 Å². The third-order valence-corrected chi connectivity index (χ3v) is 3.86. The molecule has 0 amide bonds. The monoisotopic (exact) mass is 307 g/mol. The van der Waals surface area contributed by atoms with Gasteiger partial charge in [-0.2, -0.15) is 0 Å². The van der Waals surface area contributed by atoms with Gasteiger partial charge in [-0.05, 0) is 26.0 Å². The van der Waals surface area contributed by atoms with Gasteiger partial charge in [-0.1, -0.05) is 0 Å². The highest BCUT2D eigenvalue weighted by Gasteiger charge is 2.22. The number of benzene rings is 1. The Balaban J connectivity index is 2.54. The smallest absolute Gasteiger partial charge is 0.358 e. The quantitative estimate of drug-likeness (QED) is 0.793. The number of methoxy groups -OCH3 is 2. The van der Waals surface area contributed by atoms with Crippen molar-refractivity contribution < 1.29 is 19.0 Å². The summed E-state index contributed by atoms with van der Waals surface area (Å²) in [5, 5.41) is 0.797. The van der Waals surface area contributed by atoms with E-state index in [4.69, 9.17) is 14.2 Å². The number of aryl methyl sites for hydroxylation is 1. The van der Waals surface area contributed by atoms with Crippen LogP contribution in [0.3, 0.4) is 0 Å². The minimum atomic E-state index is -0.422. The first kappa shape index (κ1) is 15.3. The van der Waals surface area contributed by atoms with E-state index in [1.165, 1.54) is 11.3 Å². The molecule has 0 unspecified atom stereocenters. The molecule has 1 aromatic heterocycles. The van der Waals surface area contributed by atoms with Gasteiger partial charge >= 0.3 is 5.97 Å². The molecule has 0 saturated carbocycles. The number of ether oxygens (including phenoxy) is 3. The molecule has 0 saturated heterocycles. The van der Waals surface area contributed by atoms with E-state index in [1.54, 1.807) is 27.2 Å². The number of aromatic nitrogens is 1. The summed E-state index contributed by atoms with van der Waals surface area (Å²) in [7, 11) is 3.17. The molecule has 1 aromatic carbocycles. The van der Waals surface area contributed by atoms with Crippen LogP contribution in [0.25, 0.3) is 10.4 Å². The van der Waals surface area contributed by atoms with Crippen LogP contribution in [0.2, 0.25) is 0 Å². The number of esters is 1. The molecule has 0 aliphatic heterocycles. The second-order valence-electron chi connectivity index (χ2n) is 4.20. The summed E-state index contributed by atoms with van der Waals surface area (Å²) < 4.78 is 15.6. The Kier molecular flexibility index (Phi) is 4.80. The van der Waals surface area contributed by atoms with Crippen molar-refractivity contribution in [2.75, 3.05) is 20.8 Å². The summed E-state index contributed by atoms with van der Waals surface area (Å²) in [6.07, 6.45) is 0. The van der Waals surface area contributed by atoms with E-state index >= 15 is 0 Å². The maximum absolute atomic E-state index is 12.0. The minimum absolute atomic E-state index is 0.314. The van der Waals surface area contributed by atoms with E-state index in [1.807, 2.05) is 19.1 Å². The average Bonchev–Trinajstić information content (AvgIpc) is 2.88. The highest BCUT2D eigenvalue weighted by Crippen LogP contribution is 2.38. The molecule has 0 radical (unpaired) electrons. The van der Waals surface area contributed by atoms with Crippen molar-refractivity contribution in [3.63, 3.8) is 0 Å². The number of hydrogen-bond donors (Lipinski definition) is 0. The topological polar surface area (TPSA) is 57.7 Å². The van der Waals surface area contributed by atoms with E-state index in [0.717, 1.165) is 15.4 Å². The Morgan fingerprint density at radius 1 is 1.29 bits per heavy atom. The summed E-state index contributed by atoms with van der Waals surface area (Å²) in [5.41, 5.74) is 1.12. The van der Waals surface area contributed by atoms with Crippen molar-refractivity contribution in [2.45, 2.75) is 13.8 Å². The van der Waals surface area contributed by atoms with E-state index in [9.17, 15) is 4.79 Å². The maximum Gasteiger partial charge on any atom is 0.358 e. The lowest BCUT2D eigenvalue weighted by atomic mass is 10.1. The molecule has 0 aliphatic carbocycles. The second-order valence-corrected chi connectivity index (χ2v) is 5.40. The van der Waals surface area contributed by atoms with Gasteiger partial charge in [0.2, 0.25) is 0 Å². The summed E-state index contributed by atoms with van der Waals surface area (Å²) in [4.78, 5) is 17.1. The van der Waals surface area contributed by atoms with E-state index < -0.39 is 5.97 Å².